The van der Waals surface area contributed by atoms with Gasteiger partial charge in [0, 0.05) is 19.6 Å². The smallest absolute Gasteiger partial charge is 0.222 e. The predicted octanol–water partition coefficient (Wildman–Crippen LogP) is 10.2. The van der Waals surface area contributed by atoms with Crippen molar-refractivity contribution < 1.29 is 22.8 Å². The Bertz CT molecular complexity index is 822. The molecule has 4 atom stereocenters. The number of hydrogen-bond acceptors (Lipinski definition) is 5. The Morgan fingerprint density at radius 3 is 1.88 bits per heavy atom. The molecule has 0 aliphatic heterocycles. The highest BCUT2D eigenvalue weighted by atomic mass is 127. The molecule has 242 valence electrons. The minimum absolute atomic E-state index is 0.0134. The van der Waals surface area contributed by atoms with Gasteiger partial charge >= 0.3 is 0 Å². The molecule has 0 fully saturated rings. The van der Waals surface area contributed by atoms with Crippen LogP contribution < -0.4 is 0 Å². The van der Waals surface area contributed by atoms with Gasteiger partial charge in [0.15, 0.2) is 22.9 Å². The van der Waals surface area contributed by atoms with Crippen LogP contribution in [0.2, 0.25) is 47.3 Å². The summed E-state index contributed by atoms with van der Waals surface area (Å²) >= 11 is 2.33. The van der Waals surface area contributed by atoms with Crippen LogP contribution >= 0.6 is 22.6 Å². The Morgan fingerprint density at radius 1 is 0.878 bits per heavy atom. The van der Waals surface area contributed by atoms with Gasteiger partial charge in [0.2, 0.25) is 8.32 Å². The van der Waals surface area contributed by atoms with Crippen molar-refractivity contribution >= 4 is 47.5 Å². The Balaban J connectivity index is 3.21. The molecule has 9 heteroatoms. The minimum Gasteiger partial charge on any atom is -0.417 e. The fraction of sp³-hybridized carbons (Fsp3) is 0.875. The average molecular weight is 741 g/mol. The normalized spacial score (nSPS) is 21.0. The molecule has 1 aliphatic rings. The van der Waals surface area contributed by atoms with Crippen LogP contribution in [-0.2, 0) is 22.8 Å². The lowest BCUT2D eigenvalue weighted by molar-refractivity contribution is -0.142. The van der Waals surface area contributed by atoms with Gasteiger partial charge in [-0.05, 0) is 60.7 Å². The first kappa shape index (κ1) is 39.7. The summed E-state index contributed by atoms with van der Waals surface area (Å²) in [7, 11) is -6.13. The zero-order chi connectivity index (χ0) is 31.9. The number of ether oxygens (including phenoxy) is 2. The van der Waals surface area contributed by atoms with Crippen molar-refractivity contribution in [1.29, 1.82) is 0 Å². The van der Waals surface area contributed by atoms with E-state index in [1.54, 1.807) is 0 Å². The van der Waals surface area contributed by atoms with Crippen LogP contribution in [0.1, 0.15) is 89.0 Å². The Hall–Kier alpha value is 0.661. The molecule has 1 unspecified atom stereocenters. The third kappa shape index (κ3) is 11.8. The van der Waals surface area contributed by atoms with Crippen LogP contribution in [0, 0.1) is 0 Å². The molecule has 0 saturated heterocycles. The zero-order valence-corrected chi connectivity index (χ0v) is 34.4. The standard InChI is InChI=1S/C32H65IO5Si3/c1-16-34-30(24-33)36-28-17-18-29(23-28)38-41(25(2)3,26(4)5)22-20-27(37-40(14,15)32(9,10)11)19-21-35-39(12,13)31(6,7)8/h17-18,20,22,25-30H,16,19,21,23-24H2,1-15H3/b22-20+/t27-,28+,29-,30?/m0/s1. The summed E-state index contributed by atoms with van der Waals surface area (Å²) in [6.07, 6.45) is 8.36. The van der Waals surface area contributed by atoms with Gasteiger partial charge in [-0.15, -0.1) is 0 Å². The first-order chi connectivity index (χ1) is 18.6. The Labute approximate surface area is 271 Å². The maximum Gasteiger partial charge on any atom is 0.222 e. The van der Waals surface area contributed by atoms with Crippen molar-refractivity contribution in [3.05, 3.63) is 23.9 Å². The molecule has 0 saturated carbocycles. The first-order valence-corrected chi connectivity index (χ1v) is 25.3. The molecule has 0 radical (unpaired) electrons. The molecule has 0 aromatic rings. The van der Waals surface area contributed by atoms with Crippen LogP contribution in [0.25, 0.3) is 0 Å². The monoisotopic (exact) mass is 740 g/mol. The maximum atomic E-state index is 7.15. The van der Waals surface area contributed by atoms with E-state index in [1.165, 1.54) is 0 Å². The van der Waals surface area contributed by atoms with Gasteiger partial charge in [0.25, 0.3) is 0 Å². The summed E-state index contributed by atoms with van der Waals surface area (Å²) in [6.45, 7) is 35.9. The maximum absolute atomic E-state index is 7.15. The molecule has 0 heterocycles. The van der Waals surface area contributed by atoms with Gasteiger partial charge in [-0.1, -0.05) is 116 Å². The number of hydrogen-bond donors (Lipinski definition) is 0. The van der Waals surface area contributed by atoms with Gasteiger partial charge in [-0.25, -0.2) is 0 Å². The lowest BCUT2D eigenvalue weighted by atomic mass is 10.2. The second kappa shape index (κ2) is 16.3. The second-order valence-corrected chi connectivity index (χ2v) is 30.4. The fourth-order valence-corrected chi connectivity index (χ4v) is 11.4. The number of rotatable bonds is 17. The lowest BCUT2D eigenvalue weighted by Gasteiger charge is -2.41. The van der Waals surface area contributed by atoms with E-state index in [9.17, 15) is 0 Å². The summed E-state index contributed by atoms with van der Waals surface area (Å²) < 4.78 is 33.6. The average Bonchev–Trinajstić information content (AvgIpc) is 3.25. The Kier molecular flexibility index (Phi) is 15.8. The quantitative estimate of drug-likeness (QED) is 0.0489. The van der Waals surface area contributed by atoms with Crippen molar-refractivity contribution in [2.45, 2.75) is 161 Å². The van der Waals surface area contributed by atoms with E-state index < -0.39 is 25.0 Å². The topological polar surface area (TPSA) is 46.2 Å². The largest absolute Gasteiger partial charge is 0.417 e. The van der Waals surface area contributed by atoms with Crippen molar-refractivity contribution in [3.63, 3.8) is 0 Å². The molecule has 0 aromatic carbocycles. The molecular weight excluding hydrogens is 676 g/mol. The summed E-state index contributed by atoms with van der Waals surface area (Å²) in [5.74, 6) is 0. The highest BCUT2D eigenvalue weighted by Crippen LogP contribution is 2.41. The third-order valence-electron chi connectivity index (χ3n) is 9.47. The van der Waals surface area contributed by atoms with Crippen LogP contribution in [-0.4, -0.2) is 67.2 Å². The number of alkyl halides is 1. The molecule has 1 aliphatic carbocycles. The van der Waals surface area contributed by atoms with Crippen LogP contribution in [0.5, 0.6) is 0 Å². The Morgan fingerprint density at radius 2 is 1.41 bits per heavy atom. The highest BCUT2D eigenvalue weighted by molar-refractivity contribution is 14.1. The zero-order valence-electron chi connectivity index (χ0n) is 29.2. The summed E-state index contributed by atoms with van der Waals surface area (Å²) in [5.41, 5.74) is 3.31. The van der Waals surface area contributed by atoms with Crippen LogP contribution in [0.4, 0.5) is 0 Å². The van der Waals surface area contributed by atoms with Gasteiger partial charge < -0.3 is 22.8 Å². The molecule has 0 aromatic heterocycles. The molecule has 0 N–H and O–H groups in total. The van der Waals surface area contributed by atoms with Gasteiger partial charge in [0.1, 0.15) is 0 Å². The highest BCUT2D eigenvalue weighted by Gasteiger charge is 2.44. The molecule has 5 nitrogen and oxygen atoms in total. The van der Waals surface area contributed by atoms with Crippen molar-refractivity contribution in [1.82, 2.24) is 0 Å². The fourth-order valence-electron chi connectivity index (χ4n) is 4.60. The van der Waals surface area contributed by atoms with E-state index in [0.717, 1.165) is 23.9 Å². The van der Waals surface area contributed by atoms with Crippen molar-refractivity contribution in [2.75, 3.05) is 17.6 Å². The molecule has 0 amide bonds. The second-order valence-electron chi connectivity index (χ2n) is 15.3. The number of halogens is 1. The van der Waals surface area contributed by atoms with Crippen molar-refractivity contribution in [3.8, 4) is 0 Å². The van der Waals surface area contributed by atoms with E-state index in [-0.39, 0.29) is 34.7 Å². The summed E-state index contributed by atoms with van der Waals surface area (Å²) in [5, 5.41) is 0.334. The van der Waals surface area contributed by atoms with E-state index in [0.29, 0.717) is 17.7 Å². The minimum atomic E-state index is -2.31. The molecule has 0 spiro atoms. The first-order valence-electron chi connectivity index (χ1n) is 15.8. The SMILES string of the molecule is CCOC(CI)O[C@@H]1C=C[C@H](O[Si](/C=C/[C@H](CCO[Si](C)(C)C(C)(C)C)O[Si](C)(C)C(C)(C)C)(C(C)C)C(C)C)C1. The molecule has 1 rings (SSSR count). The third-order valence-corrected chi connectivity index (χ3v) is 24.3. The molecule has 0 bridgehead atoms. The van der Waals surface area contributed by atoms with Crippen LogP contribution in [0.3, 0.4) is 0 Å². The lowest BCUT2D eigenvalue weighted by Crippen LogP contribution is -2.47. The van der Waals surface area contributed by atoms with E-state index in [4.69, 9.17) is 22.8 Å². The summed E-state index contributed by atoms with van der Waals surface area (Å²) in [6, 6.07) is 0. The van der Waals surface area contributed by atoms with E-state index in [2.05, 4.69) is 142 Å². The van der Waals surface area contributed by atoms with E-state index in [1.807, 2.05) is 6.92 Å². The molecule has 41 heavy (non-hydrogen) atoms. The molecular formula is C32H65IO5Si3. The van der Waals surface area contributed by atoms with Gasteiger partial charge in [-0.3, -0.25) is 0 Å². The van der Waals surface area contributed by atoms with Gasteiger partial charge in [0.05, 0.1) is 22.7 Å². The van der Waals surface area contributed by atoms with E-state index >= 15 is 0 Å². The van der Waals surface area contributed by atoms with Crippen LogP contribution in [0.15, 0.2) is 23.9 Å². The van der Waals surface area contributed by atoms with Crippen molar-refractivity contribution in [2.24, 2.45) is 0 Å². The summed E-state index contributed by atoms with van der Waals surface area (Å²) in [4.78, 5) is 0. The van der Waals surface area contributed by atoms with Gasteiger partial charge in [-0.2, -0.15) is 0 Å². The predicted molar refractivity (Wildman–Crippen MR) is 193 cm³/mol.